The monoisotopic (exact) mass is 562 g/mol. The number of likely N-dealkylation sites (tertiary alicyclic amines) is 1. The number of carbonyl (C=O) groups is 3. The van der Waals surface area contributed by atoms with Crippen LogP contribution in [0.25, 0.3) is 10.8 Å². The van der Waals surface area contributed by atoms with E-state index in [0.717, 1.165) is 22.9 Å². The predicted octanol–water partition coefficient (Wildman–Crippen LogP) is 4.59. The topological polar surface area (TPSA) is 87.1 Å². The zero-order valence-corrected chi connectivity index (χ0v) is 24.0. The van der Waals surface area contributed by atoms with E-state index in [4.69, 9.17) is 4.74 Å². The number of hydrogen-bond donors (Lipinski definition) is 1. The normalized spacial score (nSPS) is 27.6. The molecule has 2 unspecified atom stereocenters. The van der Waals surface area contributed by atoms with Crippen LogP contribution in [0.5, 0.6) is 0 Å². The Morgan fingerprint density at radius 3 is 2.62 bits per heavy atom. The maximum Gasteiger partial charge on any atom is 0.311 e. The maximum absolute atomic E-state index is 14.8. The first-order valence-corrected chi connectivity index (χ1v) is 14.9. The molecule has 3 saturated heterocycles. The van der Waals surface area contributed by atoms with Gasteiger partial charge in [-0.3, -0.25) is 14.4 Å². The largest absolute Gasteiger partial charge is 0.461 e. The molecule has 212 valence electrons. The lowest BCUT2D eigenvalue weighted by molar-refractivity contribution is -0.153. The molecule has 0 saturated carbocycles. The smallest absolute Gasteiger partial charge is 0.311 e. The van der Waals surface area contributed by atoms with Crippen molar-refractivity contribution in [3.8, 4) is 0 Å². The van der Waals surface area contributed by atoms with Gasteiger partial charge in [0.1, 0.15) is 12.6 Å². The van der Waals surface area contributed by atoms with Gasteiger partial charge in [-0.15, -0.1) is 18.3 Å². The fraction of sp³-hybridized carbons (Fsp3) is 0.469. The molecule has 0 aliphatic carbocycles. The number of fused-ring (bicyclic) bond motifs is 2. The fourth-order valence-electron chi connectivity index (χ4n) is 7.03. The molecule has 3 aliphatic rings. The van der Waals surface area contributed by atoms with Crippen LogP contribution in [0.1, 0.15) is 33.1 Å². The van der Waals surface area contributed by atoms with Crippen molar-refractivity contribution in [2.24, 2.45) is 17.8 Å². The molecule has 2 bridgehead atoms. The van der Waals surface area contributed by atoms with Crippen molar-refractivity contribution >= 4 is 46.0 Å². The van der Waals surface area contributed by atoms with E-state index < -0.39 is 34.6 Å². The van der Waals surface area contributed by atoms with Gasteiger partial charge in [0, 0.05) is 17.5 Å². The van der Waals surface area contributed by atoms with Gasteiger partial charge >= 0.3 is 5.97 Å². The molecule has 3 fully saturated rings. The molecule has 2 aromatic rings. The number of aliphatic hydroxyl groups is 1. The number of ether oxygens (including phenoxy) is 1. The van der Waals surface area contributed by atoms with Gasteiger partial charge in [-0.2, -0.15) is 0 Å². The summed E-state index contributed by atoms with van der Waals surface area (Å²) in [6.07, 6.45) is 5.13. The van der Waals surface area contributed by atoms with Gasteiger partial charge in [-0.05, 0) is 48.1 Å². The first kappa shape index (κ1) is 28.4. The minimum absolute atomic E-state index is 0.0778. The van der Waals surface area contributed by atoms with E-state index in [1.54, 1.807) is 27.6 Å². The van der Waals surface area contributed by atoms with Gasteiger partial charge in [0.25, 0.3) is 5.91 Å². The average molecular weight is 563 g/mol. The third kappa shape index (κ3) is 4.65. The Labute approximate surface area is 240 Å². The van der Waals surface area contributed by atoms with Gasteiger partial charge in [-0.25, -0.2) is 0 Å². The molecule has 3 heterocycles. The number of anilines is 1. The van der Waals surface area contributed by atoms with E-state index in [1.165, 1.54) is 6.08 Å². The Bertz CT molecular complexity index is 1330. The molecule has 5 rings (SSSR count). The summed E-state index contributed by atoms with van der Waals surface area (Å²) >= 11 is 1.60. The quantitative estimate of drug-likeness (QED) is 0.319. The SMILES string of the molecule is C=CCOC(=O)[C@@H]1[C@H]2C(=O)N([C@@H](CO)CC(C)C)C(C(=O)N(CC=C)c3ccc4ccccc4c3)C23CC[C@H]1S3. The number of thioether (sulfide) groups is 1. The van der Waals surface area contributed by atoms with E-state index >= 15 is 0 Å². The lowest BCUT2D eigenvalue weighted by atomic mass is 9.71. The van der Waals surface area contributed by atoms with Gasteiger partial charge in [0.05, 0.1) is 29.2 Å². The average Bonchev–Trinajstić information content (AvgIpc) is 3.60. The summed E-state index contributed by atoms with van der Waals surface area (Å²) in [5.41, 5.74) is 0.722. The predicted molar refractivity (Wildman–Crippen MR) is 159 cm³/mol. The summed E-state index contributed by atoms with van der Waals surface area (Å²) in [6.45, 7) is 11.7. The van der Waals surface area contributed by atoms with E-state index in [2.05, 4.69) is 13.2 Å². The number of esters is 1. The van der Waals surface area contributed by atoms with Crippen LogP contribution in [0.2, 0.25) is 0 Å². The van der Waals surface area contributed by atoms with Crippen molar-refractivity contribution in [1.82, 2.24) is 4.90 Å². The highest BCUT2D eigenvalue weighted by molar-refractivity contribution is 8.02. The molecule has 0 radical (unpaired) electrons. The Kier molecular flexibility index (Phi) is 8.11. The molecule has 0 aromatic heterocycles. The number of aliphatic hydroxyl groups excluding tert-OH is 1. The van der Waals surface area contributed by atoms with E-state index in [1.807, 2.05) is 56.3 Å². The first-order valence-electron chi connectivity index (χ1n) is 14.1. The molecule has 2 amide bonds. The first-order chi connectivity index (χ1) is 19.3. The highest BCUT2D eigenvalue weighted by Gasteiger charge is 2.74. The minimum Gasteiger partial charge on any atom is -0.461 e. The third-order valence-electron chi connectivity index (χ3n) is 8.56. The van der Waals surface area contributed by atoms with Crippen LogP contribution < -0.4 is 4.90 Å². The molecule has 7 nitrogen and oxygen atoms in total. The molecular formula is C32H38N2O5S. The number of carbonyl (C=O) groups excluding carboxylic acids is 3. The Morgan fingerprint density at radius 2 is 1.95 bits per heavy atom. The van der Waals surface area contributed by atoms with E-state index in [0.29, 0.717) is 12.8 Å². The third-order valence-corrected chi connectivity index (χ3v) is 10.5. The van der Waals surface area contributed by atoms with Crippen molar-refractivity contribution in [3.05, 3.63) is 67.8 Å². The van der Waals surface area contributed by atoms with Gasteiger partial charge in [0.15, 0.2) is 0 Å². The van der Waals surface area contributed by atoms with Gasteiger partial charge in [0.2, 0.25) is 5.91 Å². The molecule has 6 atom stereocenters. The number of rotatable bonds is 11. The Morgan fingerprint density at radius 1 is 1.20 bits per heavy atom. The lowest BCUT2D eigenvalue weighted by Crippen LogP contribution is -2.57. The van der Waals surface area contributed by atoms with Crippen LogP contribution in [0.3, 0.4) is 0 Å². The van der Waals surface area contributed by atoms with Crippen molar-refractivity contribution < 1.29 is 24.2 Å². The van der Waals surface area contributed by atoms with Crippen molar-refractivity contribution in [3.63, 3.8) is 0 Å². The molecule has 1 N–H and O–H groups in total. The van der Waals surface area contributed by atoms with Crippen LogP contribution in [0.15, 0.2) is 67.8 Å². The lowest BCUT2D eigenvalue weighted by Gasteiger charge is -2.40. The molecule has 1 spiro atoms. The fourth-order valence-corrected chi connectivity index (χ4v) is 9.22. The van der Waals surface area contributed by atoms with Gasteiger partial charge < -0.3 is 19.6 Å². The second-order valence-corrected chi connectivity index (χ2v) is 13.1. The maximum atomic E-state index is 14.8. The second-order valence-electron chi connectivity index (χ2n) is 11.5. The summed E-state index contributed by atoms with van der Waals surface area (Å²) in [6, 6.07) is 12.5. The van der Waals surface area contributed by atoms with Crippen LogP contribution in [0, 0.1) is 17.8 Å². The summed E-state index contributed by atoms with van der Waals surface area (Å²) in [5.74, 6) is -1.95. The second kappa shape index (κ2) is 11.4. The molecular weight excluding hydrogens is 524 g/mol. The van der Waals surface area contributed by atoms with Crippen LogP contribution in [-0.4, -0.2) is 69.6 Å². The standard InChI is InChI=1S/C32H38N2O5S/c1-5-15-33(23-12-11-21-9-7-8-10-22(21)18-23)30(37)28-32-14-13-25(40-32)26(31(38)39-16-6-2)27(32)29(36)34(28)24(19-35)17-20(3)4/h5-12,18,20,24-28,35H,1-2,13-17,19H2,3-4H3/t24-,25-,26+,27+,28?,32?/m1/s1. The summed E-state index contributed by atoms with van der Waals surface area (Å²) in [4.78, 5) is 45.7. The van der Waals surface area contributed by atoms with Crippen molar-refractivity contribution in [1.29, 1.82) is 0 Å². The molecule has 40 heavy (non-hydrogen) atoms. The Balaban J connectivity index is 1.60. The zero-order chi connectivity index (χ0) is 28.6. The number of benzene rings is 2. The summed E-state index contributed by atoms with van der Waals surface area (Å²) in [7, 11) is 0. The van der Waals surface area contributed by atoms with Crippen molar-refractivity contribution in [2.75, 3.05) is 24.7 Å². The van der Waals surface area contributed by atoms with Crippen molar-refractivity contribution in [2.45, 2.75) is 55.2 Å². The number of nitrogens with zero attached hydrogens (tertiary/aromatic N) is 2. The van der Waals surface area contributed by atoms with Gasteiger partial charge in [-0.1, -0.05) is 62.9 Å². The Hall–Kier alpha value is -3.10. The van der Waals surface area contributed by atoms with E-state index in [-0.39, 0.29) is 42.7 Å². The van der Waals surface area contributed by atoms with Crippen LogP contribution in [-0.2, 0) is 19.1 Å². The van der Waals surface area contributed by atoms with Crippen LogP contribution >= 0.6 is 11.8 Å². The molecule has 8 heteroatoms. The minimum atomic E-state index is -0.820. The van der Waals surface area contributed by atoms with E-state index in [9.17, 15) is 19.5 Å². The van der Waals surface area contributed by atoms with Crippen LogP contribution in [0.4, 0.5) is 5.69 Å². The number of hydrogen-bond acceptors (Lipinski definition) is 6. The highest BCUT2D eigenvalue weighted by atomic mass is 32.2. The summed E-state index contributed by atoms with van der Waals surface area (Å²) in [5, 5.41) is 12.5. The number of amides is 2. The zero-order valence-electron chi connectivity index (χ0n) is 23.2. The molecule has 2 aromatic carbocycles. The highest BCUT2D eigenvalue weighted by Crippen LogP contribution is 2.67. The molecule has 3 aliphatic heterocycles. The summed E-state index contributed by atoms with van der Waals surface area (Å²) < 4.78 is 4.69.